The van der Waals surface area contributed by atoms with Crippen molar-refractivity contribution in [1.82, 2.24) is 10.2 Å². The number of nitrogens with zero attached hydrogens (tertiary/aromatic N) is 1. The minimum atomic E-state index is -0.815. The number of ether oxygens (including phenoxy) is 1. The maximum Gasteiger partial charge on any atom is 0.317 e. The molecule has 0 aromatic heterocycles. The lowest BCUT2D eigenvalue weighted by atomic mass is 9.93. The van der Waals surface area contributed by atoms with Gasteiger partial charge in [0.05, 0.1) is 12.0 Å². The molecular formula is C14H24N2O4. The van der Waals surface area contributed by atoms with Crippen LogP contribution in [0, 0.1) is 17.8 Å². The van der Waals surface area contributed by atoms with Gasteiger partial charge in [0, 0.05) is 32.2 Å². The fourth-order valence-corrected chi connectivity index (χ4v) is 3.09. The topological polar surface area (TPSA) is 78.9 Å². The summed E-state index contributed by atoms with van der Waals surface area (Å²) in [5, 5.41) is 11.9. The van der Waals surface area contributed by atoms with Gasteiger partial charge in [-0.2, -0.15) is 0 Å². The highest BCUT2D eigenvalue weighted by atomic mass is 16.5. The molecule has 6 nitrogen and oxygen atoms in total. The normalized spacial score (nSPS) is 29.9. The van der Waals surface area contributed by atoms with E-state index in [0.29, 0.717) is 37.9 Å². The minimum absolute atomic E-state index is 0.150. The zero-order valence-corrected chi connectivity index (χ0v) is 12.2. The first-order valence-electron chi connectivity index (χ1n) is 7.36. The lowest BCUT2D eigenvalue weighted by Crippen LogP contribution is -2.42. The number of nitrogens with one attached hydrogen (secondary N) is 1. The van der Waals surface area contributed by atoms with E-state index in [2.05, 4.69) is 19.2 Å². The summed E-state index contributed by atoms with van der Waals surface area (Å²) in [5.41, 5.74) is 0. The molecule has 0 aromatic carbocycles. The second kappa shape index (κ2) is 6.43. The Kier molecular flexibility index (Phi) is 4.86. The maximum absolute atomic E-state index is 12.0. The molecule has 0 radical (unpaired) electrons. The molecule has 6 heteroatoms. The predicted octanol–water partition coefficient (Wildman–Crippen LogP) is 1.16. The number of carbonyl (C=O) groups is 2. The third-order valence-electron chi connectivity index (χ3n) is 4.26. The van der Waals surface area contributed by atoms with Crippen LogP contribution in [0.1, 0.15) is 26.7 Å². The van der Waals surface area contributed by atoms with Gasteiger partial charge in [0.1, 0.15) is 0 Å². The minimum Gasteiger partial charge on any atom is -0.481 e. The van der Waals surface area contributed by atoms with Gasteiger partial charge in [-0.1, -0.05) is 13.8 Å². The van der Waals surface area contributed by atoms with Gasteiger partial charge in [0.25, 0.3) is 0 Å². The number of hydrogen-bond acceptors (Lipinski definition) is 3. The lowest BCUT2D eigenvalue weighted by Gasteiger charge is -2.24. The highest BCUT2D eigenvalue weighted by molar-refractivity contribution is 5.77. The van der Waals surface area contributed by atoms with Crippen LogP contribution in [0.2, 0.25) is 0 Å². The van der Waals surface area contributed by atoms with E-state index in [1.807, 2.05) is 0 Å². The first-order chi connectivity index (χ1) is 9.49. The number of urea groups is 1. The van der Waals surface area contributed by atoms with Gasteiger partial charge in [-0.25, -0.2) is 4.79 Å². The van der Waals surface area contributed by atoms with Crippen LogP contribution in [-0.4, -0.2) is 54.4 Å². The van der Waals surface area contributed by atoms with Crippen molar-refractivity contribution in [3.05, 3.63) is 0 Å². The second-order valence-electron chi connectivity index (χ2n) is 6.08. The Hall–Kier alpha value is -1.30. The predicted molar refractivity (Wildman–Crippen MR) is 73.4 cm³/mol. The van der Waals surface area contributed by atoms with E-state index in [9.17, 15) is 9.59 Å². The van der Waals surface area contributed by atoms with Crippen molar-refractivity contribution in [3.63, 3.8) is 0 Å². The number of aliphatic carboxylic acids is 1. The van der Waals surface area contributed by atoms with Crippen molar-refractivity contribution in [2.75, 3.05) is 26.2 Å². The Morgan fingerprint density at radius 3 is 2.75 bits per heavy atom. The Morgan fingerprint density at radius 1 is 1.40 bits per heavy atom. The summed E-state index contributed by atoms with van der Waals surface area (Å²) in [4.78, 5) is 24.5. The smallest absolute Gasteiger partial charge is 0.317 e. The average Bonchev–Trinajstić information content (AvgIpc) is 3.04. The van der Waals surface area contributed by atoms with Crippen molar-refractivity contribution in [3.8, 4) is 0 Å². The van der Waals surface area contributed by atoms with Crippen LogP contribution in [-0.2, 0) is 9.53 Å². The van der Waals surface area contributed by atoms with E-state index >= 15 is 0 Å². The van der Waals surface area contributed by atoms with Crippen LogP contribution < -0.4 is 5.32 Å². The largest absolute Gasteiger partial charge is 0.481 e. The Balaban J connectivity index is 1.77. The van der Waals surface area contributed by atoms with E-state index in [1.54, 1.807) is 4.90 Å². The molecule has 20 heavy (non-hydrogen) atoms. The Morgan fingerprint density at radius 2 is 2.15 bits per heavy atom. The molecule has 2 saturated heterocycles. The molecule has 0 spiro atoms. The van der Waals surface area contributed by atoms with Crippen LogP contribution in [0.3, 0.4) is 0 Å². The van der Waals surface area contributed by atoms with Crippen LogP contribution in [0.15, 0.2) is 0 Å². The number of hydrogen-bond donors (Lipinski definition) is 2. The van der Waals surface area contributed by atoms with Gasteiger partial charge in [-0.15, -0.1) is 0 Å². The van der Waals surface area contributed by atoms with Gasteiger partial charge in [-0.05, 0) is 18.8 Å². The third-order valence-corrected chi connectivity index (χ3v) is 4.26. The first kappa shape index (κ1) is 15.1. The molecule has 0 aliphatic carbocycles. The Labute approximate surface area is 119 Å². The molecule has 3 atom stereocenters. The number of likely N-dealkylation sites (tertiary alicyclic amines) is 1. The fourth-order valence-electron chi connectivity index (χ4n) is 3.09. The molecule has 2 fully saturated rings. The summed E-state index contributed by atoms with van der Waals surface area (Å²) >= 11 is 0. The van der Waals surface area contributed by atoms with Crippen molar-refractivity contribution in [2.24, 2.45) is 17.8 Å². The van der Waals surface area contributed by atoms with Crippen LogP contribution in [0.25, 0.3) is 0 Å². The lowest BCUT2D eigenvalue weighted by molar-refractivity contribution is -0.141. The zero-order chi connectivity index (χ0) is 14.7. The molecule has 2 heterocycles. The van der Waals surface area contributed by atoms with Gasteiger partial charge in [0.2, 0.25) is 0 Å². The summed E-state index contributed by atoms with van der Waals surface area (Å²) < 4.78 is 5.69. The summed E-state index contributed by atoms with van der Waals surface area (Å²) in [7, 11) is 0. The Bertz CT molecular complexity index is 372. The molecule has 2 aliphatic rings. The summed E-state index contributed by atoms with van der Waals surface area (Å²) in [6.07, 6.45) is 1.73. The van der Waals surface area contributed by atoms with Gasteiger partial charge >= 0.3 is 12.0 Å². The number of amides is 2. The monoisotopic (exact) mass is 284 g/mol. The molecule has 114 valence electrons. The van der Waals surface area contributed by atoms with Crippen molar-refractivity contribution < 1.29 is 19.4 Å². The summed E-state index contributed by atoms with van der Waals surface area (Å²) in [6.45, 7) is 6.46. The highest BCUT2D eigenvalue weighted by Gasteiger charge is 2.33. The van der Waals surface area contributed by atoms with Crippen molar-refractivity contribution in [2.45, 2.75) is 32.8 Å². The van der Waals surface area contributed by atoms with E-state index in [-0.39, 0.29) is 12.1 Å². The van der Waals surface area contributed by atoms with Gasteiger partial charge in [0.15, 0.2) is 0 Å². The molecule has 2 N–H and O–H groups in total. The van der Waals surface area contributed by atoms with Crippen LogP contribution in [0.4, 0.5) is 4.79 Å². The van der Waals surface area contributed by atoms with E-state index in [4.69, 9.17) is 9.84 Å². The van der Waals surface area contributed by atoms with Gasteiger partial charge < -0.3 is 20.1 Å². The molecule has 0 saturated carbocycles. The maximum atomic E-state index is 12.0. The molecular weight excluding hydrogens is 260 g/mol. The standard InChI is InChI=1S/C14H24N2O4/c1-9(2)12-10(4-6-20-12)7-15-14(19)16-5-3-11(8-16)13(17)18/h9-12H,3-8H2,1-2H3,(H,15,19)(H,17,18). The zero-order valence-electron chi connectivity index (χ0n) is 12.2. The second-order valence-corrected chi connectivity index (χ2v) is 6.08. The van der Waals surface area contributed by atoms with Crippen LogP contribution >= 0.6 is 0 Å². The molecule has 2 rings (SSSR count). The quantitative estimate of drug-likeness (QED) is 0.812. The molecule has 0 aromatic rings. The molecule has 2 aliphatic heterocycles. The highest BCUT2D eigenvalue weighted by Crippen LogP contribution is 2.26. The fraction of sp³-hybridized carbons (Fsp3) is 0.857. The van der Waals surface area contributed by atoms with Gasteiger partial charge in [-0.3, -0.25) is 4.79 Å². The SMILES string of the molecule is CC(C)C1OCCC1CNC(=O)N1CCC(C(=O)O)C1. The van der Waals surface area contributed by atoms with Crippen molar-refractivity contribution in [1.29, 1.82) is 0 Å². The average molecular weight is 284 g/mol. The van der Waals surface area contributed by atoms with E-state index in [1.165, 1.54) is 0 Å². The van der Waals surface area contributed by atoms with E-state index < -0.39 is 11.9 Å². The molecule has 0 bridgehead atoms. The number of carboxylic acids is 1. The van der Waals surface area contributed by atoms with Crippen molar-refractivity contribution >= 4 is 12.0 Å². The summed E-state index contributed by atoms with van der Waals surface area (Å²) in [5.74, 6) is -0.428. The number of carboxylic acid groups (broad SMARTS) is 1. The number of carbonyl (C=O) groups excluding carboxylic acids is 1. The van der Waals surface area contributed by atoms with E-state index in [0.717, 1.165) is 13.0 Å². The summed E-state index contributed by atoms with van der Waals surface area (Å²) in [6, 6.07) is -0.150. The molecule has 2 amide bonds. The third kappa shape index (κ3) is 3.42. The number of rotatable bonds is 4. The molecule has 3 unspecified atom stereocenters. The van der Waals surface area contributed by atoms with Crippen LogP contribution in [0.5, 0.6) is 0 Å². The first-order valence-corrected chi connectivity index (χ1v) is 7.36.